The molecule has 0 aliphatic rings. The fraction of sp³-hybridized carbons (Fsp3) is 0.364. The molecule has 2 aromatic carbocycles. The van der Waals surface area contributed by atoms with E-state index >= 15 is 0 Å². The number of aliphatic imine (C=N–C) groups is 1. The summed E-state index contributed by atoms with van der Waals surface area (Å²) in [4.78, 5) is 17.9. The highest BCUT2D eigenvalue weighted by Gasteiger charge is 2.09. The topological polar surface area (TPSA) is 66.0 Å². The van der Waals surface area contributed by atoms with Crippen LogP contribution in [0.4, 0.5) is 0 Å². The minimum Gasteiger partial charge on any atom is -0.489 e. The maximum Gasteiger partial charge on any atom is 0.253 e. The second-order valence-electron chi connectivity index (χ2n) is 6.77. The van der Waals surface area contributed by atoms with Crippen LogP contribution in [0.2, 0.25) is 0 Å². The Labute approximate surface area is 167 Å². The van der Waals surface area contributed by atoms with Crippen molar-refractivity contribution in [3.63, 3.8) is 0 Å². The van der Waals surface area contributed by atoms with Crippen molar-refractivity contribution in [2.75, 3.05) is 34.2 Å². The number of nitrogens with zero attached hydrogens (tertiary/aromatic N) is 2. The number of hydrogen-bond donors (Lipinski definition) is 2. The molecule has 0 saturated carbocycles. The quantitative estimate of drug-likeness (QED) is 0.544. The van der Waals surface area contributed by atoms with E-state index in [0.29, 0.717) is 18.7 Å². The molecule has 0 saturated heterocycles. The molecule has 28 heavy (non-hydrogen) atoms. The van der Waals surface area contributed by atoms with Gasteiger partial charge >= 0.3 is 0 Å². The summed E-state index contributed by atoms with van der Waals surface area (Å²) in [6, 6.07) is 17.5. The van der Waals surface area contributed by atoms with Gasteiger partial charge in [-0.1, -0.05) is 30.3 Å². The number of nitrogens with one attached hydrogen (secondary N) is 2. The summed E-state index contributed by atoms with van der Waals surface area (Å²) in [5.74, 6) is 1.59. The Kier molecular flexibility index (Phi) is 8.34. The van der Waals surface area contributed by atoms with Crippen LogP contribution in [0.5, 0.6) is 5.75 Å². The standard InChI is InChI=1S/C22H30N4O2/c1-17(28-20-11-6-5-7-12-20)16-25-22(23-2)24-14-13-18-9-8-10-19(15-18)21(27)26(3)4/h5-12,15,17H,13-14,16H2,1-4H3,(H2,23,24,25). The number of para-hydroxylation sites is 1. The van der Waals surface area contributed by atoms with E-state index in [1.807, 2.05) is 61.5 Å². The highest BCUT2D eigenvalue weighted by atomic mass is 16.5. The first kappa shape index (κ1) is 21.3. The van der Waals surface area contributed by atoms with E-state index in [9.17, 15) is 4.79 Å². The molecule has 0 aliphatic heterocycles. The first-order valence-electron chi connectivity index (χ1n) is 9.46. The molecule has 6 nitrogen and oxygen atoms in total. The Morgan fingerprint density at radius 3 is 2.54 bits per heavy atom. The zero-order chi connectivity index (χ0) is 20.4. The predicted molar refractivity (Wildman–Crippen MR) is 114 cm³/mol. The van der Waals surface area contributed by atoms with Crippen LogP contribution in [-0.4, -0.2) is 57.1 Å². The van der Waals surface area contributed by atoms with Crippen molar-refractivity contribution in [3.05, 3.63) is 65.7 Å². The number of amides is 1. The Morgan fingerprint density at radius 1 is 1.11 bits per heavy atom. The molecule has 1 atom stereocenters. The molecule has 0 fully saturated rings. The highest BCUT2D eigenvalue weighted by Crippen LogP contribution is 2.10. The summed E-state index contributed by atoms with van der Waals surface area (Å²) in [7, 11) is 5.26. The van der Waals surface area contributed by atoms with E-state index in [1.54, 1.807) is 26.0 Å². The van der Waals surface area contributed by atoms with Gasteiger partial charge in [0.05, 0.1) is 6.54 Å². The van der Waals surface area contributed by atoms with Gasteiger partial charge in [0.1, 0.15) is 11.9 Å². The van der Waals surface area contributed by atoms with Gasteiger partial charge in [0.15, 0.2) is 5.96 Å². The zero-order valence-corrected chi connectivity index (χ0v) is 17.1. The van der Waals surface area contributed by atoms with Gasteiger partial charge in [-0.3, -0.25) is 9.79 Å². The van der Waals surface area contributed by atoms with Crippen LogP contribution in [-0.2, 0) is 6.42 Å². The molecule has 0 heterocycles. The van der Waals surface area contributed by atoms with Crippen LogP contribution in [0.1, 0.15) is 22.8 Å². The van der Waals surface area contributed by atoms with E-state index < -0.39 is 0 Å². The van der Waals surface area contributed by atoms with E-state index in [2.05, 4.69) is 15.6 Å². The van der Waals surface area contributed by atoms with E-state index in [1.165, 1.54) is 0 Å². The average molecular weight is 383 g/mol. The fourth-order valence-corrected chi connectivity index (χ4v) is 2.68. The van der Waals surface area contributed by atoms with Crippen LogP contribution < -0.4 is 15.4 Å². The third kappa shape index (κ3) is 6.95. The summed E-state index contributed by atoms with van der Waals surface area (Å²) < 4.78 is 5.86. The Bertz CT molecular complexity index is 775. The van der Waals surface area contributed by atoms with Crippen LogP contribution >= 0.6 is 0 Å². The van der Waals surface area contributed by atoms with Gasteiger partial charge in [0, 0.05) is 33.3 Å². The number of guanidine groups is 1. The maximum absolute atomic E-state index is 12.1. The number of hydrogen-bond acceptors (Lipinski definition) is 3. The first-order valence-corrected chi connectivity index (χ1v) is 9.46. The monoisotopic (exact) mass is 382 g/mol. The molecule has 1 amide bonds. The molecule has 0 aliphatic carbocycles. The number of benzene rings is 2. The van der Waals surface area contributed by atoms with Gasteiger partial charge in [-0.05, 0) is 43.2 Å². The zero-order valence-electron chi connectivity index (χ0n) is 17.1. The van der Waals surface area contributed by atoms with Crippen molar-refractivity contribution < 1.29 is 9.53 Å². The van der Waals surface area contributed by atoms with Gasteiger partial charge in [-0.15, -0.1) is 0 Å². The van der Waals surface area contributed by atoms with Crippen molar-refractivity contribution in [1.82, 2.24) is 15.5 Å². The normalized spacial score (nSPS) is 12.2. The number of ether oxygens (including phenoxy) is 1. The third-order valence-corrected chi connectivity index (χ3v) is 4.15. The minimum absolute atomic E-state index is 0.00896. The van der Waals surface area contributed by atoms with Gasteiger partial charge in [0.25, 0.3) is 5.91 Å². The molecule has 0 spiro atoms. The molecule has 1 unspecified atom stereocenters. The number of rotatable bonds is 8. The van der Waals surface area contributed by atoms with Crippen molar-refractivity contribution >= 4 is 11.9 Å². The maximum atomic E-state index is 12.1. The number of carbonyl (C=O) groups is 1. The predicted octanol–water partition coefficient (Wildman–Crippen LogP) is 2.56. The van der Waals surface area contributed by atoms with Crippen LogP contribution in [0.15, 0.2) is 59.6 Å². The molecule has 6 heteroatoms. The first-order chi connectivity index (χ1) is 13.5. The molecule has 0 aromatic heterocycles. The summed E-state index contributed by atoms with van der Waals surface area (Å²) >= 11 is 0. The van der Waals surface area contributed by atoms with Gasteiger partial charge < -0.3 is 20.3 Å². The lowest BCUT2D eigenvalue weighted by atomic mass is 10.1. The third-order valence-electron chi connectivity index (χ3n) is 4.15. The van der Waals surface area contributed by atoms with Gasteiger partial charge in [0.2, 0.25) is 0 Å². The molecule has 2 N–H and O–H groups in total. The van der Waals surface area contributed by atoms with E-state index in [-0.39, 0.29) is 12.0 Å². The molecular formula is C22H30N4O2. The second-order valence-corrected chi connectivity index (χ2v) is 6.77. The van der Waals surface area contributed by atoms with Crippen molar-refractivity contribution in [3.8, 4) is 5.75 Å². The van der Waals surface area contributed by atoms with Crippen LogP contribution in [0, 0.1) is 0 Å². The average Bonchev–Trinajstić information content (AvgIpc) is 2.70. The Hall–Kier alpha value is -3.02. The molecule has 0 bridgehead atoms. The molecule has 2 aromatic rings. The van der Waals surface area contributed by atoms with Gasteiger partial charge in [-0.2, -0.15) is 0 Å². The summed E-state index contributed by atoms with van der Waals surface area (Å²) in [5, 5.41) is 6.57. The molecule has 2 rings (SSSR count). The van der Waals surface area contributed by atoms with E-state index in [0.717, 1.165) is 23.7 Å². The van der Waals surface area contributed by atoms with Crippen LogP contribution in [0.3, 0.4) is 0 Å². The molecule has 150 valence electrons. The lowest BCUT2D eigenvalue weighted by molar-refractivity contribution is 0.0827. The van der Waals surface area contributed by atoms with Crippen molar-refractivity contribution in [2.45, 2.75) is 19.4 Å². The Morgan fingerprint density at radius 2 is 1.86 bits per heavy atom. The second kappa shape index (κ2) is 11.0. The largest absolute Gasteiger partial charge is 0.489 e. The van der Waals surface area contributed by atoms with E-state index in [4.69, 9.17) is 4.74 Å². The fourth-order valence-electron chi connectivity index (χ4n) is 2.68. The Balaban J connectivity index is 1.76. The van der Waals surface area contributed by atoms with Crippen molar-refractivity contribution in [1.29, 1.82) is 0 Å². The number of carbonyl (C=O) groups excluding carboxylic acids is 1. The smallest absolute Gasteiger partial charge is 0.253 e. The summed E-state index contributed by atoms with van der Waals surface area (Å²) in [6.45, 7) is 3.37. The summed E-state index contributed by atoms with van der Waals surface area (Å²) in [5.41, 5.74) is 1.81. The summed E-state index contributed by atoms with van der Waals surface area (Å²) in [6.07, 6.45) is 0.806. The van der Waals surface area contributed by atoms with Gasteiger partial charge in [-0.25, -0.2) is 0 Å². The highest BCUT2D eigenvalue weighted by molar-refractivity contribution is 5.94. The SMILES string of the molecule is CN=C(NCCc1cccc(C(=O)N(C)C)c1)NCC(C)Oc1ccccc1. The van der Waals surface area contributed by atoms with Crippen LogP contribution in [0.25, 0.3) is 0 Å². The van der Waals surface area contributed by atoms with Crippen molar-refractivity contribution in [2.24, 2.45) is 4.99 Å². The lowest BCUT2D eigenvalue weighted by Gasteiger charge is -2.18. The molecular weight excluding hydrogens is 352 g/mol. The molecule has 0 radical (unpaired) electrons. The minimum atomic E-state index is 0.00896. The lowest BCUT2D eigenvalue weighted by Crippen LogP contribution is -2.42.